The van der Waals surface area contributed by atoms with Gasteiger partial charge in [-0.25, -0.2) is 0 Å². The zero-order chi connectivity index (χ0) is 35.5. The highest BCUT2D eigenvalue weighted by Gasteiger charge is 2.54. The van der Waals surface area contributed by atoms with Gasteiger partial charge in [-0.05, 0) is 6.42 Å². The van der Waals surface area contributed by atoms with Crippen molar-refractivity contribution in [2.45, 2.75) is 123 Å². The molecule has 47 heavy (non-hydrogen) atoms. The van der Waals surface area contributed by atoms with Crippen molar-refractivity contribution < 1.29 is 81.7 Å². The molecule has 3 saturated heterocycles. The van der Waals surface area contributed by atoms with Gasteiger partial charge in [-0.3, -0.25) is 9.11 Å². The second kappa shape index (κ2) is 16.9. The zero-order valence-electron chi connectivity index (χ0n) is 25.0. The molecule has 23 nitrogen and oxygen atoms in total. The third-order valence-electron chi connectivity index (χ3n) is 8.37. The third-order valence-corrected chi connectivity index (χ3v) is 8.37. The van der Waals surface area contributed by atoms with E-state index in [9.17, 15) is 35.7 Å². The molecule has 19 atom stereocenters. The molecule has 0 aromatic rings. The Kier molecular flexibility index (Phi) is 14.6. The van der Waals surface area contributed by atoms with E-state index in [2.05, 4.69) is 0 Å². The van der Waals surface area contributed by atoms with Crippen molar-refractivity contribution in [3.63, 3.8) is 0 Å². The van der Waals surface area contributed by atoms with Crippen LogP contribution >= 0.6 is 0 Å². The van der Waals surface area contributed by atoms with E-state index in [0.717, 1.165) is 0 Å². The Morgan fingerprint density at radius 1 is 0.574 bits per heavy atom. The first-order valence-electron chi connectivity index (χ1n) is 14.6. The predicted octanol–water partition coefficient (Wildman–Crippen LogP) is -9.55. The number of aliphatic hydroxyl groups excluding tert-OH is 7. The van der Waals surface area contributed by atoms with Crippen LogP contribution in [0.5, 0.6) is 0 Å². The maximum Gasteiger partial charge on any atom is 0.394 e. The molecule has 3 aliphatic heterocycles. The lowest BCUT2D eigenvalue weighted by atomic mass is 9.84. The predicted molar refractivity (Wildman–Crippen MR) is 153 cm³/mol. The van der Waals surface area contributed by atoms with Crippen molar-refractivity contribution >= 4 is 10.4 Å². The molecule has 0 aromatic heterocycles. The Balaban J connectivity index is 0.00000111. The molecule has 0 aromatic carbocycles. The summed E-state index contributed by atoms with van der Waals surface area (Å²) >= 11 is 0. The number of hydrogen-bond donors (Lipinski definition) is 15. The van der Waals surface area contributed by atoms with Crippen LogP contribution < -0.4 is 34.4 Å². The minimum absolute atomic E-state index is 0.0889. The molecule has 1 saturated carbocycles. The molecule has 1 aliphatic carbocycles. The summed E-state index contributed by atoms with van der Waals surface area (Å²) in [5.41, 5.74) is 35.6. The van der Waals surface area contributed by atoms with E-state index >= 15 is 0 Å². The largest absolute Gasteiger partial charge is 0.394 e. The molecule has 0 spiro atoms. The number of nitrogens with two attached hydrogens (primary N) is 6. The minimum atomic E-state index is -4.67. The summed E-state index contributed by atoms with van der Waals surface area (Å²) in [4.78, 5) is 0. The Hall–Kier alpha value is -0.890. The summed E-state index contributed by atoms with van der Waals surface area (Å²) in [6, 6.07) is -4.18. The summed E-state index contributed by atoms with van der Waals surface area (Å²) in [5, 5.41) is 73.0. The van der Waals surface area contributed by atoms with Gasteiger partial charge in [-0.1, -0.05) is 0 Å². The van der Waals surface area contributed by atoms with Crippen molar-refractivity contribution in [3.05, 3.63) is 0 Å². The van der Waals surface area contributed by atoms with Crippen LogP contribution in [0.25, 0.3) is 0 Å². The molecule has 0 bridgehead atoms. The van der Waals surface area contributed by atoms with Crippen LogP contribution in [0.4, 0.5) is 0 Å². The molecule has 0 radical (unpaired) electrons. The van der Waals surface area contributed by atoms with Crippen LogP contribution in [0.3, 0.4) is 0 Å². The lowest BCUT2D eigenvalue weighted by molar-refractivity contribution is -0.306. The van der Waals surface area contributed by atoms with Crippen LogP contribution in [0.1, 0.15) is 6.42 Å². The van der Waals surface area contributed by atoms with Crippen LogP contribution in [0, 0.1) is 0 Å². The molecule has 4 rings (SSSR count). The summed E-state index contributed by atoms with van der Waals surface area (Å²) in [6.07, 6.45) is -19.8. The SMILES string of the molecule is NC[C@H]1O[C@@H](O[C@H]2[C@@H](O)[C@H](O[C@@H]3[C@@H](O)[C@H](N)C[C@H](N)[C@H]3O[C@H]3O[C@H](CN)[C@@H](O)[C@H](O)[C@H]3N)O[C@@H]2CO)[C@@H](N)[C@H](O)[C@H]1O.O=S(=O)(O)O. The first-order chi connectivity index (χ1) is 21.8. The maximum absolute atomic E-state index is 11.1. The van der Waals surface area contributed by atoms with E-state index in [0.29, 0.717) is 0 Å². The van der Waals surface area contributed by atoms with Gasteiger partial charge in [-0.2, -0.15) is 8.42 Å². The molecule has 0 unspecified atom stereocenters. The van der Waals surface area contributed by atoms with Crippen molar-refractivity contribution in [1.82, 2.24) is 0 Å². The van der Waals surface area contributed by atoms with Crippen LogP contribution in [-0.4, -0.2) is 189 Å². The Morgan fingerprint density at radius 2 is 0.979 bits per heavy atom. The fourth-order valence-corrected chi connectivity index (χ4v) is 5.74. The van der Waals surface area contributed by atoms with Gasteiger partial charge in [0.05, 0.1) is 24.8 Å². The molecule has 4 fully saturated rings. The third kappa shape index (κ3) is 9.67. The zero-order valence-corrected chi connectivity index (χ0v) is 25.8. The van der Waals surface area contributed by atoms with E-state index in [1.807, 2.05) is 0 Å². The van der Waals surface area contributed by atoms with Gasteiger partial charge in [0, 0.05) is 25.2 Å². The van der Waals surface area contributed by atoms with Crippen molar-refractivity contribution in [2.75, 3.05) is 19.7 Å². The molecular weight excluding hydrogens is 664 g/mol. The average molecular weight is 713 g/mol. The highest BCUT2D eigenvalue weighted by atomic mass is 32.3. The lowest BCUT2D eigenvalue weighted by Gasteiger charge is -2.47. The van der Waals surface area contributed by atoms with Gasteiger partial charge >= 0.3 is 10.4 Å². The fourth-order valence-electron chi connectivity index (χ4n) is 5.74. The van der Waals surface area contributed by atoms with Gasteiger partial charge < -0.3 is 98.6 Å². The standard InChI is InChI=1S/C23H46N6O13.H2O4S/c24-2-7-13(32)15(34)10(28)21(37-7)40-18-6(27)1-5(26)12(31)20(18)42-23-17(36)19(9(4-30)39-23)41-22-11(29)16(35)14(33)8(3-25)38-22;1-5(2,3)4/h5-23,30-36H,1-4,24-29H2;(H2,1,2,3,4)/t5-,6+,7-,8-,9-,10-,11+,12+,13-,14+,15-,16+,17-,18-,19-,20-,21-,22+,23+;/m1./s1. The maximum atomic E-state index is 11.1. The molecule has 21 N–H and O–H groups in total. The van der Waals surface area contributed by atoms with Gasteiger partial charge in [0.2, 0.25) is 0 Å². The molecule has 4 aliphatic rings. The Morgan fingerprint density at radius 3 is 1.40 bits per heavy atom. The van der Waals surface area contributed by atoms with E-state index < -0.39 is 133 Å². The van der Waals surface area contributed by atoms with Gasteiger partial charge in [0.1, 0.15) is 67.1 Å². The summed E-state index contributed by atoms with van der Waals surface area (Å²) in [5.74, 6) is 0. The second-order valence-corrected chi connectivity index (χ2v) is 12.6. The molecule has 24 heteroatoms. The van der Waals surface area contributed by atoms with Crippen molar-refractivity contribution in [3.8, 4) is 0 Å². The highest BCUT2D eigenvalue weighted by Crippen LogP contribution is 2.34. The number of rotatable bonds is 9. The normalized spacial score (nSPS) is 49.3. The van der Waals surface area contributed by atoms with Crippen LogP contribution in [-0.2, 0) is 38.8 Å². The Bertz CT molecular complexity index is 1080. The molecule has 3 heterocycles. The van der Waals surface area contributed by atoms with Gasteiger partial charge in [0.25, 0.3) is 0 Å². The highest BCUT2D eigenvalue weighted by molar-refractivity contribution is 7.79. The van der Waals surface area contributed by atoms with E-state index in [4.69, 9.17) is 80.3 Å². The van der Waals surface area contributed by atoms with Gasteiger partial charge in [0.15, 0.2) is 18.9 Å². The smallest absolute Gasteiger partial charge is 0.394 e. The first-order valence-corrected chi connectivity index (χ1v) is 16.0. The fraction of sp³-hybridized carbons (Fsp3) is 1.00. The van der Waals surface area contributed by atoms with E-state index in [1.54, 1.807) is 0 Å². The van der Waals surface area contributed by atoms with Crippen LogP contribution in [0.15, 0.2) is 0 Å². The number of hydrogen-bond acceptors (Lipinski definition) is 21. The second-order valence-electron chi connectivity index (χ2n) is 11.7. The van der Waals surface area contributed by atoms with Gasteiger partial charge in [-0.15, -0.1) is 0 Å². The molecular formula is C23H48N6O17S. The van der Waals surface area contributed by atoms with Crippen LogP contribution in [0.2, 0.25) is 0 Å². The minimum Gasteiger partial charge on any atom is -0.394 e. The Labute approximate surface area is 269 Å². The average Bonchev–Trinajstić information content (AvgIpc) is 3.30. The quantitative estimate of drug-likeness (QED) is 0.0986. The summed E-state index contributed by atoms with van der Waals surface area (Å²) < 4.78 is 66.2. The number of aliphatic hydroxyl groups is 7. The van der Waals surface area contributed by atoms with E-state index in [-0.39, 0.29) is 19.5 Å². The molecule has 278 valence electrons. The number of ether oxygens (including phenoxy) is 6. The summed E-state index contributed by atoms with van der Waals surface area (Å²) in [6.45, 7) is -0.967. The first kappa shape index (κ1) is 40.5. The van der Waals surface area contributed by atoms with Crippen molar-refractivity contribution in [1.29, 1.82) is 0 Å². The lowest BCUT2D eigenvalue weighted by Crippen LogP contribution is -2.68. The molecule has 0 amide bonds. The van der Waals surface area contributed by atoms with Crippen molar-refractivity contribution in [2.24, 2.45) is 34.4 Å². The monoisotopic (exact) mass is 712 g/mol. The van der Waals surface area contributed by atoms with E-state index in [1.165, 1.54) is 0 Å². The summed E-state index contributed by atoms with van der Waals surface area (Å²) in [7, 11) is -4.67. The topological polar surface area (TPSA) is 428 Å².